The molecule has 186 valence electrons. The van der Waals surface area contributed by atoms with Gasteiger partial charge in [-0.15, -0.1) is 11.3 Å². The Labute approximate surface area is 208 Å². The molecule has 0 saturated heterocycles. The monoisotopic (exact) mass is 497 g/mol. The summed E-state index contributed by atoms with van der Waals surface area (Å²) in [6, 6.07) is 9.88. The van der Waals surface area contributed by atoms with Crippen molar-refractivity contribution in [2.24, 2.45) is 11.3 Å². The number of carbonyl (C=O) groups excluding carboxylic acids is 1. The molecule has 3 heterocycles. The van der Waals surface area contributed by atoms with Gasteiger partial charge in [-0.25, -0.2) is 0 Å². The molecule has 0 radical (unpaired) electrons. The number of aliphatic hydroxyl groups excluding tert-OH is 1. The second-order valence-electron chi connectivity index (χ2n) is 9.89. The van der Waals surface area contributed by atoms with Gasteiger partial charge in [-0.1, -0.05) is 32.9 Å². The van der Waals surface area contributed by atoms with Gasteiger partial charge < -0.3 is 20.2 Å². The number of nitro benzene ring substituents is 1. The number of aliphatic hydroxyl groups is 1. The topological polar surface area (TPSA) is 118 Å². The Bertz CT molecular complexity index is 1240. The van der Waals surface area contributed by atoms with E-state index in [1.54, 1.807) is 42.5 Å². The summed E-state index contributed by atoms with van der Waals surface area (Å²) in [5.74, 6) is 1.61. The molecule has 35 heavy (non-hydrogen) atoms. The number of hydrogen-bond donors (Lipinski definition) is 3. The molecular formula is C26H31N3O5S. The van der Waals surface area contributed by atoms with Gasteiger partial charge in [0.05, 0.1) is 10.5 Å². The first kappa shape index (κ1) is 24.9. The molecule has 0 spiro atoms. The van der Waals surface area contributed by atoms with Gasteiger partial charge in [0.15, 0.2) is 6.17 Å². The van der Waals surface area contributed by atoms with E-state index in [0.717, 1.165) is 29.8 Å². The molecular weight excluding hydrogens is 466 g/mol. The maximum absolute atomic E-state index is 13.0. The van der Waals surface area contributed by atoms with Gasteiger partial charge in [0.25, 0.3) is 11.6 Å². The lowest BCUT2D eigenvalue weighted by molar-refractivity contribution is -0.384. The number of rotatable bonds is 3. The highest BCUT2D eigenvalue weighted by molar-refractivity contribution is 7.16. The van der Waals surface area contributed by atoms with Crippen molar-refractivity contribution in [1.29, 1.82) is 0 Å². The predicted octanol–water partition coefficient (Wildman–Crippen LogP) is 5.92. The lowest BCUT2D eigenvalue weighted by Crippen LogP contribution is -2.38. The number of hydrogen-bond acceptors (Lipinski definition) is 7. The fourth-order valence-electron chi connectivity index (χ4n) is 4.62. The van der Waals surface area contributed by atoms with E-state index in [0.29, 0.717) is 23.0 Å². The Kier molecular flexibility index (Phi) is 7.00. The number of benzene rings is 1. The lowest BCUT2D eigenvalue weighted by atomic mass is 9.72. The number of non-ortho nitro benzene ring substituents is 1. The number of nitrogens with one attached hydrogen (secondary N) is 2. The minimum Gasteiger partial charge on any atom is -0.457 e. The zero-order valence-electron chi connectivity index (χ0n) is 20.4. The van der Waals surface area contributed by atoms with Crippen molar-refractivity contribution >= 4 is 27.9 Å². The van der Waals surface area contributed by atoms with E-state index in [1.165, 1.54) is 22.6 Å². The van der Waals surface area contributed by atoms with Crippen molar-refractivity contribution in [3.05, 3.63) is 68.3 Å². The van der Waals surface area contributed by atoms with Crippen LogP contribution in [0.1, 0.15) is 66.8 Å². The molecule has 3 aromatic rings. The fraction of sp³-hybridized carbons (Fsp3) is 0.423. The molecule has 0 fully saturated rings. The molecule has 3 N–H and O–H groups in total. The third-order valence-corrected chi connectivity index (χ3v) is 7.71. The van der Waals surface area contributed by atoms with Crippen LogP contribution in [0.15, 0.2) is 40.8 Å². The van der Waals surface area contributed by atoms with E-state index < -0.39 is 11.1 Å². The van der Waals surface area contributed by atoms with Crippen molar-refractivity contribution < 1.29 is 19.2 Å². The molecule has 2 aliphatic rings. The van der Waals surface area contributed by atoms with Crippen LogP contribution in [0, 0.1) is 21.4 Å². The summed E-state index contributed by atoms with van der Waals surface area (Å²) in [5, 5.41) is 26.0. The van der Waals surface area contributed by atoms with Crippen LogP contribution in [0.4, 0.5) is 10.7 Å². The van der Waals surface area contributed by atoms with Gasteiger partial charge >= 0.3 is 0 Å². The number of thiophene rings is 1. The van der Waals surface area contributed by atoms with Crippen molar-refractivity contribution in [3.63, 3.8) is 0 Å². The van der Waals surface area contributed by atoms with Crippen LogP contribution in [-0.4, -0.2) is 22.5 Å². The van der Waals surface area contributed by atoms with Gasteiger partial charge in [-0.2, -0.15) is 0 Å². The highest BCUT2D eigenvalue weighted by Gasteiger charge is 2.37. The molecule has 2 atom stereocenters. The standard InChI is InChI=1S/C24H25N3O4S.C2H6O/c1-24(2,3)14-7-8-16-19(12-14)32-23-20(16)22(28)25-21(26-23)18-10-9-17(31-18)13-5-4-6-15(11-13)27(29)30;1-2-3/h4-6,9-11,14,21,26H,7-8,12H2,1-3H3,(H,25,28);3H,2H2,1H3. The number of nitro groups is 1. The summed E-state index contributed by atoms with van der Waals surface area (Å²) in [6.45, 7) is 8.78. The number of nitrogens with zero attached hydrogens (tertiary/aromatic N) is 1. The molecule has 8 nitrogen and oxygen atoms in total. The van der Waals surface area contributed by atoms with Crippen LogP contribution in [0.25, 0.3) is 11.3 Å². The third-order valence-electron chi connectivity index (χ3n) is 6.52. The van der Waals surface area contributed by atoms with E-state index in [2.05, 4.69) is 31.4 Å². The van der Waals surface area contributed by atoms with Crippen LogP contribution in [0.2, 0.25) is 0 Å². The lowest BCUT2D eigenvalue weighted by Gasteiger charge is -2.34. The average molecular weight is 498 g/mol. The Morgan fingerprint density at radius 3 is 2.66 bits per heavy atom. The zero-order valence-corrected chi connectivity index (χ0v) is 21.2. The molecule has 1 amide bonds. The maximum Gasteiger partial charge on any atom is 0.270 e. The van der Waals surface area contributed by atoms with Crippen molar-refractivity contribution in [2.75, 3.05) is 11.9 Å². The Morgan fingerprint density at radius 1 is 1.23 bits per heavy atom. The van der Waals surface area contributed by atoms with E-state index in [-0.39, 0.29) is 23.6 Å². The van der Waals surface area contributed by atoms with Crippen LogP contribution in [0.5, 0.6) is 0 Å². The van der Waals surface area contributed by atoms with Crippen LogP contribution in [-0.2, 0) is 12.8 Å². The molecule has 1 aliphatic carbocycles. The summed E-state index contributed by atoms with van der Waals surface area (Å²) in [5.41, 5.74) is 2.84. The number of furan rings is 1. The number of amides is 1. The van der Waals surface area contributed by atoms with E-state index in [4.69, 9.17) is 9.52 Å². The second kappa shape index (κ2) is 9.83. The fourth-order valence-corrected chi connectivity index (χ4v) is 5.97. The average Bonchev–Trinajstić information content (AvgIpc) is 3.44. The van der Waals surface area contributed by atoms with Crippen molar-refractivity contribution in [2.45, 2.75) is 53.1 Å². The minimum atomic E-state index is -0.485. The first-order valence-electron chi connectivity index (χ1n) is 11.8. The molecule has 2 aromatic heterocycles. The van der Waals surface area contributed by atoms with Crippen molar-refractivity contribution in [1.82, 2.24) is 5.32 Å². The third kappa shape index (κ3) is 5.11. The summed E-state index contributed by atoms with van der Waals surface area (Å²) in [6.07, 6.45) is 2.55. The van der Waals surface area contributed by atoms with Gasteiger partial charge in [0.2, 0.25) is 0 Å². The first-order valence-corrected chi connectivity index (χ1v) is 12.6. The molecule has 1 aliphatic heterocycles. The number of fused-ring (bicyclic) bond motifs is 3. The van der Waals surface area contributed by atoms with E-state index in [9.17, 15) is 14.9 Å². The number of anilines is 1. The van der Waals surface area contributed by atoms with Crippen LogP contribution < -0.4 is 10.6 Å². The highest BCUT2D eigenvalue weighted by atomic mass is 32.1. The highest BCUT2D eigenvalue weighted by Crippen LogP contribution is 2.46. The van der Waals surface area contributed by atoms with Gasteiger partial charge in [-0.3, -0.25) is 14.9 Å². The summed E-state index contributed by atoms with van der Waals surface area (Å²) >= 11 is 1.68. The Balaban J connectivity index is 0.000000917. The Morgan fingerprint density at radius 2 is 1.97 bits per heavy atom. The van der Waals surface area contributed by atoms with E-state index >= 15 is 0 Å². The Hall–Kier alpha value is -3.17. The van der Waals surface area contributed by atoms with Crippen LogP contribution >= 0.6 is 11.3 Å². The zero-order chi connectivity index (χ0) is 25.3. The maximum atomic E-state index is 13.0. The van der Waals surface area contributed by atoms with E-state index in [1.807, 2.05) is 0 Å². The van der Waals surface area contributed by atoms with Crippen LogP contribution in [0.3, 0.4) is 0 Å². The first-order chi connectivity index (χ1) is 16.6. The molecule has 9 heteroatoms. The summed E-state index contributed by atoms with van der Waals surface area (Å²) in [4.78, 5) is 25.0. The quantitative estimate of drug-likeness (QED) is 0.305. The summed E-state index contributed by atoms with van der Waals surface area (Å²) < 4.78 is 5.98. The molecule has 2 unspecified atom stereocenters. The largest absolute Gasteiger partial charge is 0.457 e. The number of carbonyl (C=O) groups is 1. The molecule has 1 aromatic carbocycles. The van der Waals surface area contributed by atoms with Gasteiger partial charge in [0.1, 0.15) is 16.5 Å². The summed E-state index contributed by atoms with van der Waals surface area (Å²) in [7, 11) is 0. The molecule has 0 saturated carbocycles. The minimum absolute atomic E-state index is 0.00640. The van der Waals surface area contributed by atoms with Gasteiger partial charge in [0, 0.05) is 29.2 Å². The van der Waals surface area contributed by atoms with Crippen molar-refractivity contribution in [3.8, 4) is 11.3 Å². The second-order valence-corrected chi connectivity index (χ2v) is 11.0. The molecule has 5 rings (SSSR count). The smallest absolute Gasteiger partial charge is 0.270 e. The molecule has 0 bridgehead atoms. The van der Waals surface area contributed by atoms with Gasteiger partial charge in [-0.05, 0) is 55.2 Å². The predicted molar refractivity (Wildman–Crippen MR) is 137 cm³/mol. The normalized spacial score (nSPS) is 18.9. The SMILES string of the molecule is CC(C)(C)C1CCc2c(sc3c2C(=O)NC(c2ccc(-c4cccc([N+](=O)[O-])c4)o2)N3)C1.CCO.